The molecule has 0 saturated carbocycles. The molecule has 13 heavy (non-hydrogen) atoms. The van der Waals surface area contributed by atoms with Crippen molar-refractivity contribution in [2.24, 2.45) is 0 Å². The van der Waals surface area contributed by atoms with E-state index in [1.54, 1.807) is 30.0 Å². The van der Waals surface area contributed by atoms with Gasteiger partial charge in [-0.3, -0.25) is 0 Å². The Kier molecular flexibility index (Phi) is 2.58. The molecule has 0 aliphatic carbocycles. The van der Waals surface area contributed by atoms with Gasteiger partial charge in [-0.2, -0.15) is 0 Å². The number of aromatic nitrogens is 2. The summed E-state index contributed by atoms with van der Waals surface area (Å²) in [5, 5.41) is 0.576. The van der Waals surface area contributed by atoms with Gasteiger partial charge in [0.1, 0.15) is 0 Å². The van der Waals surface area contributed by atoms with Gasteiger partial charge in [-0.15, -0.1) is 0 Å². The molecule has 2 aromatic heterocycles. The van der Waals surface area contributed by atoms with Crippen LogP contribution in [-0.4, -0.2) is 14.5 Å². The van der Waals surface area contributed by atoms with Gasteiger partial charge in [0.15, 0.2) is 0 Å². The number of hydrogen-bond donors (Lipinski definition) is 0. The van der Waals surface area contributed by atoms with Crippen molar-refractivity contribution < 1.29 is 4.55 Å². The minimum Gasteiger partial charge on any atom is -0.605 e. The van der Waals surface area contributed by atoms with E-state index in [0.29, 0.717) is 5.03 Å². The van der Waals surface area contributed by atoms with Gasteiger partial charge in [0.25, 0.3) is 5.03 Å². The van der Waals surface area contributed by atoms with E-state index in [1.807, 2.05) is 6.07 Å². The van der Waals surface area contributed by atoms with Crippen LogP contribution in [0.2, 0.25) is 0 Å². The van der Waals surface area contributed by atoms with Gasteiger partial charge in [0.2, 0.25) is 4.21 Å². The zero-order valence-electron chi connectivity index (χ0n) is 6.58. The fraction of sp³-hybridized carbons (Fsp3) is 0. The van der Waals surface area contributed by atoms with Crippen LogP contribution in [0.15, 0.2) is 45.3 Å². The number of pyridine rings is 1. The normalized spacial score (nSPS) is 12.7. The first-order valence-electron chi connectivity index (χ1n) is 3.59. The van der Waals surface area contributed by atoms with E-state index >= 15 is 0 Å². The smallest absolute Gasteiger partial charge is 0.251 e. The lowest BCUT2D eigenvalue weighted by Gasteiger charge is -2.03. The zero-order chi connectivity index (χ0) is 9.10. The van der Waals surface area contributed by atoms with E-state index in [0.717, 1.165) is 4.21 Å². The molecule has 0 aromatic carbocycles. The summed E-state index contributed by atoms with van der Waals surface area (Å²) >= 11 is 0.204. The van der Waals surface area contributed by atoms with Crippen LogP contribution in [0, 0.1) is 0 Å². The Hall–Kier alpha value is -0.910. The molecule has 0 amide bonds. The summed E-state index contributed by atoms with van der Waals surface area (Å²) in [6.07, 6.45) is 3.24. The second-order valence-electron chi connectivity index (χ2n) is 2.26. The van der Waals surface area contributed by atoms with Crippen LogP contribution in [-0.2, 0) is 11.2 Å². The van der Waals surface area contributed by atoms with Crippen LogP contribution in [0.5, 0.6) is 0 Å². The molecule has 0 fully saturated rings. The van der Waals surface area contributed by atoms with Crippen LogP contribution in [0.1, 0.15) is 0 Å². The van der Waals surface area contributed by atoms with Crippen molar-refractivity contribution >= 4 is 22.5 Å². The van der Waals surface area contributed by atoms with Crippen molar-refractivity contribution in [1.82, 2.24) is 9.97 Å². The average Bonchev–Trinajstić information content (AvgIpc) is 2.71. The maximum absolute atomic E-state index is 11.7. The molecule has 1 atom stereocenters. The van der Waals surface area contributed by atoms with E-state index < -0.39 is 11.2 Å². The lowest BCUT2D eigenvalue weighted by Crippen LogP contribution is -2.01. The van der Waals surface area contributed by atoms with E-state index in [9.17, 15) is 4.55 Å². The Balaban J connectivity index is 2.29. The molecule has 66 valence electrons. The van der Waals surface area contributed by atoms with Crippen LogP contribution in [0.25, 0.3) is 0 Å². The summed E-state index contributed by atoms with van der Waals surface area (Å²) in [4.78, 5) is 7.88. The monoisotopic (exact) mass is 210 g/mol. The molecule has 3 nitrogen and oxygen atoms in total. The Morgan fingerprint density at radius 2 is 2.31 bits per heavy atom. The van der Waals surface area contributed by atoms with E-state index in [1.165, 1.54) is 11.3 Å². The molecule has 2 heterocycles. The third-order valence-corrected chi connectivity index (χ3v) is 3.82. The molecule has 5 heteroatoms. The molecule has 0 aliphatic rings. The van der Waals surface area contributed by atoms with E-state index in [2.05, 4.69) is 9.97 Å². The SMILES string of the molecule is [O-][S+](c1ccccn1)c1cncs1. The van der Waals surface area contributed by atoms with E-state index in [-0.39, 0.29) is 0 Å². The molecule has 0 radical (unpaired) electrons. The minimum absolute atomic E-state index is 0.576. The molecular weight excluding hydrogens is 204 g/mol. The predicted octanol–water partition coefficient (Wildman–Crippen LogP) is 1.70. The highest BCUT2D eigenvalue weighted by molar-refractivity contribution is 7.93. The second kappa shape index (κ2) is 3.87. The quantitative estimate of drug-likeness (QED) is 0.709. The Labute approximate surface area is 82.7 Å². The standard InChI is InChI=1S/C8H6N2OS2/c11-13(8-5-9-6-12-8)7-3-1-2-4-10-7/h1-6H. The average molecular weight is 210 g/mol. The van der Waals surface area contributed by atoms with Crippen molar-refractivity contribution in [3.05, 3.63) is 36.1 Å². The van der Waals surface area contributed by atoms with Gasteiger partial charge in [-0.1, -0.05) is 17.4 Å². The van der Waals surface area contributed by atoms with E-state index in [4.69, 9.17) is 0 Å². The molecule has 0 spiro atoms. The predicted molar refractivity (Wildman–Crippen MR) is 51.0 cm³/mol. The van der Waals surface area contributed by atoms with Gasteiger partial charge in [-0.25, -0.2) is 9.97 Å². The molecule has 0 aliphatic heterocycles. The van der Waals surface area contributed by atoms with Gasteiger partial charge in [0, 0.05) is 12.3 Å². The van der Waals surface area contributed by atoms with Crippen LogP contribution in [0.3, 0.4) is 0 Å². The highest BCUT2D eigenvalue weighted by Crippen LogP contribution is 2.21. The number of hydrogen-bond acceptors (Lipinski definition) is 4. The van der Waals surface area contributed by atoms with Crippen molar-refractivity contribution in [3.8, 4) is 0 Å². The molecule has 0 bridgehead atoms. The van der Waals surface area contributed by atoms with Gasteiger partial charge >= 0.3 is 0 Å². The number of nitrogens with zero attached hydrogens (tertiary/aromatic N) is 2. The van der Waals surface area contributed by atoms with Crippen LogP contribution < -0.4 is 0 Å². The maximum atomic E-state index is 11.7. The first kappa shape index (κ1) is 8.68. The molecule has 1 unspecified atom stereocenters. The second-order valence-corrected chi connectivity index (χ2v) is 4.80. The summed E-state index contributed by atoms with van der Waals surface area (Å²) in [6, 6.07) is 5.37. The summed E-state index contributed by atoms with van der Waals surface area (Å²) in [7, 11) is 0. The van der Waals surface area contributed by atoms with Gasteiger partial charge in [-0.05, 0) is 6.07 Å². The first-order chi connectivity index (χ1) is 6.38. The fourth-order valence-electron chi connectivity index (χ4n) is 0.855. The van der Waals surface area contributed by atoms with Gasteiger partial charge < -0.3 is 4.55 Å². The third kappa shape index (κ3) is 1.88. The van der Waals surface area contributed by atoms with Crippen molar-refractivity contribution in [2.75, 3.05) is 0 Å². The highest BCUT2D eigenvalue weighted by atomic mass is 32.2. The lowest BCUT2D eigenvalue weighted by molar-refractivity contribution is 0.593. The third-order valence-electron chi connectivity index (χ3n) is 1.42. The zero-order valence-corrected chi connectivity index (χ0v) is 8.22. The van der Waals surface area contributed by atoms with Crippen molar-refractivity contribution in [1.29, 1.82) is 0 Å². The molecule has 2 rings (SSSR count). The minimum atomic E-state index is -1.17. The Morgan fingerprint density at radius 1 is 1.38 bits per heavy atom. The van der Waals surface area contributed by atoms with Crippen LogP contribution in [0.4, 0.5) is 0 Å². The lowest BCUT2D eigenvalue weighted by atomic mass is 10.5. The first-order valence-corrected chi connectivity index (χ1v) is 5.62. The highest BCUT2D eigenvalue weighted by Gasteiger charge is 2.16. The summed E-state index contributed by atoms with van der Waals surface area (Å²) < 4.78 is 12.5. The molecule has 0 N–H and O–H groups in total. The fourth-order valence-corrected chi connectivity index (χ4v) is 2.66. The molecular formula is C8H6N2OS2. The maximum Gasteiger partial charge on any atom is 0.251 e. The molecule has 0 saturated heterocycles. The van der Waals surface area contributed by atoms with Crippen molar-refractivity contribution in [3.63, 3.8) is 0 Å². The topological polar surface area (TPSA) is 48.8 Å². The largest absolute Gasteiger partial charge is 0.605 e. The summed E-state index contributed by atoms with van der Waals surface area (Å²) in [5.74, 6) is 0. The van der Waals surface area contributed by atoms with Crippen LogP contribution >= 0.6 is 11.3 Å². The van der Waals surface area contributed by atoms with Gasteiger partial charge in [0.05, 0.1) is 22.9 Å². The Bertz CT molecular complexity index is 363. The number of rotatable bonds is 2. The number of thiazole rings is 1. The van der Waals surface area contributed by atoms with Crippen molar-refractivity contribution in [2.45, 2.75) is 9.24 Å². The summed E-state index contributed by atoms with van der Waals surface area (Å²) in [6.45, 7) is 0. The molecule has 2 aromatic rings. The Morgan fingerprint density at radius 3 is 2.92 bits per heavy atom. The summed E-state index contributed by atoms with van der Waals surface area (Å²) in [5.41, 5.74) is 1.66.